The summed E-state index contributed by atoms with van der Waals surface area (Å²) in [5, 5.41) is 35.0. The van der Waals surface area contributed by atoms with Crippen LogP contribution >= 0.6 is 0 Å². The number of aromatic carboxylic acids is 1. The molecular weight excluding hydrogens is 219 g/mol. The number of rotatable bonds is 1. The molecule has 0 aliphatic heterocycles. The number of benzene rings is 1. The van der Waals surface area contributed by atoms with Gasteiger partial charge in [0.1, 0.15) is 0 Å². The Morgan fingerprint density at radius 1 is 1.08 bits per heavy atom. The number of aromatic hydroxyl groups is 3. The van der Waals surface area contributed by atoms with E-state index in [-0.39, 0.29) is 22.6 Å². The van der Waals surface area contributed by atoms with Crippen LogP contribution in [0.25, 0.3) is 0 Å². The van der Waals surface area contributed by atoms with Crippen molar-refractivity contribution in [3.05, 3.63) is 17.7 Å². The fourth-order valence-corrected chi connectivity index (χ4v) is 0.728. The molecule has 1 aromatic carbocycles. The van der Waals surface area contributed by atoms with Crippen molar-refractivity contribution < 1.29 is 42.3 Å². The maximum Gasteiger partial charge on any atom is 0.335 e. The van der Waals surface area contributed by atoms with Crippen LogP contribution in [0.2, 0.25) is 0 Å². The number of hydrogen-bond donors (Lipinski definition) is 4. The molecule has 1 aromatic rings. The molecule has 0 aliphatic carbocycles. The third-order valence-electron chi connectivity index (χ3n) is 1.32. The van der Waals surface area contributed by atoms with Gasteiger partial charge in [-0.2, -0.15) is 0 Å². The predicted octanol–water partition coefficient (Wildman–Crippen LogP) is 0.499. The summed E-state index contributed by atoms with van der Waals surface area (Å²) < 4.78 is 0. The molecule has 0 saturated heterocycles. The van der Waals surface area contributed by atoms with Crippen LogP contribution in [-0.2, 0) is 17.1 Å². The largest absolute Gasteiger partial charge is 0.504 e. The molecular formula is C7H6MnO5. The first kappa shape index (κ1) is 11.6. The van der Waals surface area contributed by atoms with Gasteiger partial charge in [-0.25, -0.2) is 4.79 Å². The van der Waals surface area contributed by atoms with Gasteiger partial charge in [0, 0.05) is 17.1 Å². The minimum absolute atomic E-state index is 0. The molecule has 0 unspecified atom stereocenters. The predicted molar refractivity (Wildman–Crippen MR) is 38.4 cm³/mol. The molecule has 0 aliphatic rings. The molecule has 4 N–H and O–H groups in total. The van der Waals surface area contributed by atoms with Crippen molar-refractivity contribution in [2.75, 3.05) is 0 Å². The number of carboxylic acids is 1. The van der Waals surface area contributed by atoms with E-state index in [0.717, 1.165) is 12.1 Å². The molecule has 0 amide bonds. The quantitative estimate of drug-likeness (QED) is 0.412. The van der Waals surface area contributed by atoms with Gasteiger partial charge in [-0.3, -0.25) is 0 Å². The van der Waals surface area contributed by atoms with Gasteiger partial charge in [0.25, 0.3) is 0 Å². The van der Waals surface area contributed by atoms with E-state index in [4.69, 9.17) is 20.4 Å². The summed E-state index contributed by atoms with van der Waals surface area (Å²) in [5.74, 6) is -3.33. The number of phenolic OH excluding ortho intramolecular Hbond substituents is 3. The molecule has 1 radical (unpaired) electrons. The van der Waals surface area contributed by atoms with E-state index in [0.29, 0.717) is 0 Å². The summed E-state index contributed by atoms with van der Waals surface area (Å²) in [6, 6.07) is 1.69. The van der Waals surface area contributed by atoms with Gasteiger partial charge in [-0.05, 0) is 12.1 Å². The second kappa shape index (κ2) is 4.02. The molecule has 0 aromatic heterocycles. The SMILES string of the molecule is O=C(O)c1cc(O)c(O)c(O)c1.[Mn]. The van der Waals surface area contributed by atoms with Gasteiger partial charge in [0.05, 0.1) is 5.56 Å². The zero-order chi connectivity index (χ0) is 9.30. The molecule has 13 heavy (non-hydrogen) atoms. The van der Waals surface area contributed by atoms with Gasteiger partial charge in [0.15, 0.2) is 17.2 Å². The maximum absolute atomic E-state index is 10.3. The van der Waals surface area contributed by atoms with E-state index in [2.05, 4.69) is 0 Å². The Morgan fingerprint density at radius 2 is 1.46 bits per heavy atom. The van der Waals surface area contributed by atoms with Crippen molar-refractivity contribution in [1.29, 1.82) is 0 Å². The van der Waals surface area contributed by atoms with Gasteiger partial charge in [-0.15, -0.1) is 0 Å². The second-order valence-electron chi connectivity index (χ2n) is 2.17. The first-order valence-corrected chi connectivity index (χ1v) is 3.00. The summed E-state index contributed by atoms with van der Waals surface area (Å²) >= 11 is 0. The summed E-state index contributed by atoms with van der Waals surface area (Å²) in [5.41, 5.74) is -0.289. The molecule has 0 saturated carbocycles. The zero-order valence-electron chi connectivity index (χ0n) is 6.23. The van der Waals surface area contributed by atoms with Crippen LogP contribution < -0.4 is 0 Å². The van der Waals surface area contributed by atoms with Crippen LogP contribution in [0.4, 0.5) is 0 Å². The fourth-order valence-electron chi connectivity index (χ4n) is 0.728. The van der Waals surface area contributed by atoms with Crippen LogP contribution in [0, 0.1) is 0 Å². The maximum atomic E-state index is 10.3. The van der Waals surface area contributed by atoms with Crippen molar-refractivity contribution in [3.8, 4) is 17.2 Å². The van der Waals surface area contributed by atoms with Crippen LogP contribution in [0.1, 0.15) is 10.4 Å². The molecule has 0 atom stereocenters. The molecule has 1 rings (SSSR count). The first-order chi connectivity index (χ1) is 5.52. The molecule has 0 heterocycles. The van der Waals surface area contributed by atoms with Crippen molar-refractivity contribution >= 4 is 5.97 Å². The van der Waals surface area contributed by atoms with Crippen molar-refractivity contribution in [3.63, 3.8) is 0 Å². The smallest absolute Gasteiger partial charge is 0.335 e. The van der Waals surface area contributed by atoms with E-state index in [1.165, 1.54) is 0 Å². The molecule has 0 bridgehead atoms. The van der Waals surface area contributed by atoms with Crippen LogP contribution in [0.5, 0.6) is 17.2 Å². The van der Waals surface area contributed by atoms with Gasteiger partial charge < -0.3 is 20.4 Å². The third-order valence-corrected chi connectivity index (χ3v) is 1.32. The molecule has 0 fully saturated rings. The topological polar surface area (TPSA) is 98.0 Å². The minimum atomic E-state index is -1.29. The van der Waals surface area contributed by atoms with Gasteiger partial charge in [0.2, 0.25) is 0 Å². The Labute approximate surface area is 83.7 Å². The standard InChI is InChI=1S/C7H6O5.Mn/c8-4-1-3(7(11)12)2-5(9)6(4)10;/h1-2,8-10H,(H,11,12);. The molecule has 0 spiro atoms. The average Bonchev–Trinajstić information content (AvgIpc) is 1.99. The average molecular weight is 225 g/mol. The van der Waals surface area contributed by atoms with E-state index < -0.39 is 23.2 Å². The molecule has 5 nitrogen and oxygen atoms in total. The summed E-state index contributed by atoms with van der Waals surface area (Å²) in [7, 11) is 0. The Hall–Kier alpha value is -1.39. The zero-order valence-corrected chi connectivity index (χ0v) is 7.41. The number of hydrogen-bond acceptors (Lipinski definition) is 4. The van der Waals surface area contributed by atoms with Crippen LogP contribution in [0.15, 0.2) is 12.1 Å². The van der Waals surface area contributed by atoms with Crippen molar-refractivity contribution in [2.24, 2.45) is 0 Å². The Bertz CT molecular complexity index is 313. The summed E-state index contributed by atoms with van der Waals surface area (Å²) in [6.07, 6.45) is 0. The number of phenols is 3. The normalized spacial score (nSPS) is 8.92. The van der Waals surface area contributed by atoms with Crippen LogP contribution in [-0.4, -0.2) is 26.4 Å². The van der Waals surface area contributed by atoms with Gasteiger partial charge >= 0.3 is 5.97 Å². The Morgan fingerprint density at radius 3 is 1.77 bits per heavy atom. The van der Waals surface area contributed by atoms with E-state index in [9.17, 15) is 4.79 Å². The monoisotopic (exact) mass is 225 g/mol. The van der Waals surface area contributed by atoms with Crippen molar-refractivity contribution in [2.45, 2.75) is 0 Å². The van der Waals surface area contributed by atoms with Gasteiger partial charge in [-0.1, -0.05) is 0 Å². The van der Waals surface area contributed by atoms with Crippen molar-refractivity contribution in [1.82, 2.24) is 0 Å². The molecule has 71 valence electrons. The third kappa shape index (κ3) is 2.27. The van der Waals surface area contributed by atoms with E-state index in [1.54, 1.807) is 0 Å². The van der Waals surface area contributed by atoms with Crippen LogP contribution in [0.3, 0.4) is 0 Å². The number of carboxylic acid groups (broad SMARTS) is 1. The van der Waals surface area contributed by atoms with E-state index in [1.807, 2.05) is 0 Å². The summed E-state index contributed by atoms with van der Waals surface area (Å²) in [4.78, 5) is 10.3. The summed E-state index contributed by atoms with van der Waals surface area (Å²) in [6.45, 7) is 0. The minimum Gasteiger partial charge on any atom is -0.504 e. The number of carbonyl (C=O) groups is 1. The molecule has 6 heteroatoms. The second-order valence-corrected chi connectivity index (χ2v) is 2.17. The first-order valence-electron chi connectivity index (χ1n) is 3.00. The fraction of sp³-hybridized carbons (Fsp3) is 0. The van der Waals surface area contributed by atoms with E-state index >= 15 is 0 Å². The Balaban J connectivity index is 0.00000144. The Kier molecular flexibility index (Phi) is 3.59.